The van der Waals surface area contributed by atoms with Crippen LogP contribution in [0.5, 0.6) is 0 Å². The first-order valence-corrected chi connectivity index (χ1v) is 8.07. The molecule has 0 bridgehead atoms. The van der Waals surface area contributed by atoms with Gasteiger partial charge in [0.05, 0.1) is 6.04 Å². The van der Waals surface area contributed by atoms with E-state index in [9.17, 15) is 14.3 Å². The van der Waals surface area contributed by atoms with Gasteiger partial charge < -0.3 is 21.6 Å². The molecule has 25 heavy (non-hydrogen) atoms. The average molecular weight is 345 g/mol. The van der Waals surface area contributed by atoms with E-state index in [1.807, 2.05) is 0 Å². The highest BCUT2D eigenvalue weighted by Crippen LogP contribution is 2.31. The number of amides is 1. The second-order valence-electron chi connectivity index (χ2n) is 6.24. The maximum atomic E-state index is 13.0. The van der Waals surface area contributed by atoms with Gasteiger partial charge in [-0.3, -0.25) is 9.48 Å². The largest absolute Gasteiger partial charge is 0.396 e. The van der Waals surface area contributed by atoms with E-state index >= 15 is 0 Å². The molecule has 5 N–H and O–H groups in total. The van der Waals surface area contributed by atoms with Crippen LogP contribution < -0.4 is 11.1 Å². The molecule has 0 spiro atoms. The number of benzene rings is 1. The van der Waals surface area contributed by atoms with Crippen molar-refractivity contribution >= 4 is 23.1 Å². The Hall–Kier alpha value is -2.74. The first-order valence-electron chi connectivity index (χ1n) is 8.07. The maximum Gasteiger partial charge on any atom is 0.254 e. The highest BCUT2D eigenvalue weighted by Gasteiger charge is 2.28. The molecule has 1 unspecified atom stereocenters. The number of nitrogens with one attached hydrogen (secondary N) is 2. The highest BCUT2D eigenvalue weighted by atomic mass is 19.1. The SMILES string of the molecule is N=C1CC(CO)CC[C@H]1n1cc(C(N)=O)c(Nc2ccc(F)cc2)n1. The van der Waals surface area contributed by atoms with Gasteiger partial charge >= 0.3 is 0 Å². The minimum absolute atomic E-state index is 0.0676. The predicted molar refractivity (Wildman–Crippen MR) is 91.6 cm³/mol. The first kappa shape index (κ1) is 17.1. The Bertz CT molecular complexity index is 787. The van der Waals surface area contributed by atoms with E-state index in [2.05, 4.69) is 10.4 Å². The smallest absolute Gasteiger partial charge is 0.254 e. The zero-order chi connectivity index (χ0) is 18.0. The molecule has 132 valence electrons. The Morgan fingerprint density at radius 3 is 2.72 bits per heavy atom. The Labute approximate surface area is 144 Å². The van der Waals surface area contributed by atoms with Crippen LogP contribution in [0.25, 0.3) is 0 Å². The molecular weight excluding hydrogens is 325 g/mol. The molecular formula is C17H20FN5O2. The molecule has 7 nitrogen and oxygen atoms in total. The number of aromatic nitrogens is 2. The van der Waals surface area contributed by atoms with Gasteiger partial charge in [-0.15, -0.1) is 0 Å². The van der Waals surface area contributed by atoms with Crippen LogP contribution in [0.4, 0.5) is 15.9 Å². The molecule has 3 rings (SSSR count). The molecule has 1 aromatic carbocycles. The van der Waals surface area contributed by atoms with Crippen molar-refractivity contribution in [2.24, 2.45) is 11.7 Å². The summed E-state index contributed by atoms with van der Waals surface area (Å²) in [4.78, 5) is 11.7. The van der Waals surface area contributed by atoms with Crippen molar-refractivity contribution in [2.45, 2.75) is 25.3 Å². The van der Waals surface area contributed by atoms with E-state index in [-0.39, 0.29) is 35.8 Å². The van der Waals surface area contributed by atoms with E-state index in [4.69, 9.17) is 11.1 Å². The van der Waals surface area contributed by atoms with Crippen molar-refractivity contribution in [1.29, 1.82) is 5.41 Å². The van der Waals surface area contributed by atoms with Crippen molar-refractivity contribution in [1.82, 2.24) is 9.78 Å². The van der Waals surface area contributed by atoms with Gasteiger partial charge in [0.25, 0.3) is 5.91 Å². The summed E-state index contributed by atoms with van der Waals surface area (Å²) in [5, 5.41) is 24.8. The van der Waals surface area contributed by atoms with Crippen LogP contribution in [0.15, 0.2) is 30.5 Å². The number of nitrogens with zero attached hydrogens (tertiary/aromatic N) is 2. The minimum Gasteiger partial charge on any atom is -0.396 e. The number of hydrogen-bond acceptors (Lipinski definition) is 5. The zero-order valence-electron chi connectivity index (χ0n) is 13.6. The van der Waals surface area contributed by atoms with Crippen LogP contribution >= 0.6 is 0 Å². The molecule has 0 radical (unpaired) electrons. The third-order valence-corrected chi connectivity index (χ3v) is 4.44. The number of aliphatic hydroxyl groups excluding tert-OH is 1. The van der Waals surface area contributed by atoms with Gasteiger partial charge in [-0.2, -0.15) is 5.10 Å². The average Bonchev–Trinajstić information content (AvgIpc) is 3.00. The predicted octanol–water partition coefficient (Wildman–Crippen LogP) is 2.22. The molecule has 1 heterocycles. The fourth-order valence-corrected chi connectivity index (χ4v) is 3.06. The fourth-order valence-electron chi connectivity index (χ4n) is 3.06. The summed E-state index contributed by atoms with van der Waals surface area (Å²) in [6.45, 7) is 0.0676. The number of rotatable bonds is 5. The molecule has 1 aliphatic rings. The van der Waals surface area contributed by atoms with E-state index in [0.717, 1.165) is 6.42 Å². The summed E-state index contributed by atoms with van der Waals surface area (Å²) in [7, 11) is 0. The number of nitrogens with two attached hydrogens (primary N) is 1. The summed E-state index contributed by atoms with van der Waals surface area (Å²) in [6, 6.07) is 5.41. The number of anilines is 2. The van der Waals surface area contributed by atoms with E-state index < -0.39 is 5.91 Å². The van der Waals surface area contributed by atoms with Gasteiger partial charge in [0, 0.05) is 24.2 Å². The summed E-state index contributed by atoms with van der Waals surface area (Å²) in [5.74, 6) is -0.616. The second kappa shape index (κ2) is 7.02. The summed E-state index contributed by atoms with van der Waals surface area (Å²) < 4.78 is 14.6. The van der Waals surface area contributed by atoms with E-state index in [1.54, 1.807) is 4.68 Å². The number of aliphatic hydroxyl groups is 1. The first-order chi connectivity index (χ1) is 12.0. The number of hydrogen-bond donors (Lipinski definition) is 4. The fraction of sp³-hybridized carbons (Fsp3) is 0.353. The van der Waals surface area contributed by atoms with Gasteiger partial charge in [0.15, 0.2) is 5.82 Å². The maximum absolute atomic E-state index is 13.0. The molecule has 1 amide bonds. The molecule has 0 saturated heterocycles. The summed E-state index contributed by atoms with van der Waals surface area (Å²) >= 11 is 0. The number of primary amides is 1. The summed E-state index contributed by atoms with van der Waals surface area (Å²) in [6.07, 6.45) is 3.50. The Balaban J connectivity index is 1.86. The molecule has 1 saturated carbocycles. The number of carbonyl (C=O) groups excluding carboxylic acids is 1. The van der Waals surface area contributed by atoms with E-state index in [0.29, 0.717) is 24.2 Å². The van der Waals surface area contributed by atoms with Crippen LogP contribution in [-0.4, -0.2) is 33.1 Å². The van der Waals surface area contributed by atoms with Crippen LogP contribution in [0.2, 0.25) is 0 Å². The molecule has 0 aliphatic heterocycles. The lowest BCUT2D eigenvalue weighted by molar-refractivity contribution is 0.100. The van der Waals surface area contributed by atoms with Crippen molar-refractivity contribution in [3.05, 3.63) is 41.8 Å². The lowest BCUT2D eigenvalue weighted by Crippen LogP contribution is -2.29. The standard InChI is InChI=1S/C17H20FN5O2/c18-11-2-4-12(5-3-11)21-17-13(16(20)25)8-23(22-17)15-6-1-10(9-24)7-14(15)19/h2-5,8,10,15,19,24H,1,6-7,9H2,(H2,20,25)(H,21,22)/t10?,15-/m1/s1. The highest BCUT2D eigenvalue weighted by molar-refractivity contribution is 5.98. The molecule has 1 aromatic heterocycles. The van der Waals surface area contributed by atoms with Crippen molar-refractivity contribution in [2.75, 3.05) is 11.9 Å². The van der Waals surface area contributed by atoms with Crippen molar-refractivity contribution in [3.8, 4) is 0 Å². The monoisotopic (exact) mass is 345 g/mol. The minimum atomic E-state index is -0.633. The molecule has 2 atom stereocenters. The van der Waals surface area contributed by atoms with Gasteiger partial charge in [-0.25, -0.2) is 4.39 Å². The Morgan fingerprint density at radius 2 is 2.12 bits per heavy atom. The molecule has 2 aromatic rings. The topological polar surface area (TPSA) is 117 Å². The molecule has 1 aliphatic carbocycles. The molecule has 1 fully saturated rings. The van der Waals surface area contributed by atoms with E-state index in [1.165, 1.54) is 30.5 Å². The van der Waals surface area contributed by atoms with Crippen molar-refractivity contribution in [3.63, 3.8) is 0 Å². The number of carbonyl (C=O) groups is 1. The zero-order valence-corrected chi connectivity index (χ0v) is 13.6. The second-order valence-corrected chi connectivity index (χ2v) is 6.24. The van der Waals surface area contributed by atoms with Crippen LogP contribution in [-0.2, 0) is 0 Å². The van der Waals surface area contributed by atoms with Crippen LogP contribution in [0.1, 0.15) is 35.7 Å². The third kappa shape index (κ3) is 3.69. The number of halogens is 1. The molecule has 8 heteroatoms. The van der Waals surface area contributed by atoms with Gasteiger partial charge in [0.1, 0.15) is 11.4 Å². The van der Waals surface area contributed by atoms with Crippen LogP contribution in [0, 0.1) is 17.1 Å². The summed E-state index contributed by atoms with van der Waals surface area (Å²) in [5.41, 5.74) is 6.69. The third-order valence-electron chi connectivity index (χ3n) is 4.44. The lowest BCUT2D eigenvalue weighted by atomic mass is 9.85. The Morgan fingerprint density at radius 1 is 1.40 bits per heavy atom. The lowest BCUT2D eigenvalue weighted by Gasteiger charge is -2.28. The van der Waals surface area contributed by atoms with Gasteiger partial charge in [-0.05, 0) is 49.4 Å². The normalized spacial score (nSPS) is 20.5. The Kier molecular flexibility index (Phi) is 4.80. The van der Waals surface area contributed by atoms with Crippen LogP contribution in [0.3, 0.4) is 0 Å². The van der Waals surface area contributed by atoms with Gasteiger partial charge in [-0.1, -0.05) is 0 Å². The van der Waals surface area contributed by atoms with Crippen molar-refractivity contribution < 1.29 is 14.3 Å². The quantitative estimate of drug-likeness (QED) is 0.664. The van der Waals surface area contributed by atoms with Gasteiger partial charge in [0.2, 0.25) is 0 Å².